The average Bonchev–Trinajstić information content (AvgIpc) is 2.95. The van der Waals surface area contributed by atoms with Crippen molar-refractivity contribution >= 4 is 0 Å². The summed E-state index contributed by atoms with van der Waals surface area (Å²) < 4.78 is 36.4. The van der Waals surface area contributed by atoms with Crippen molar-refractivity contribution in [1.82, 2.24) is 0 Å². The molecule has 5 rings (SSSR count). The highest BCUT2D eigenvalue weighted by molar-refractivity contribution is 5.66. The van der Waals surface area contributed by atoms with E-state index in [-0.39, 0.29) is 11.5 Å². The van der Waals surface area contributed by atoms with Gasteiger partial charge in [0.25, 0.3) is 0 Å². The summed E-state index contributed by atoms with van der Waals surface area (Å²) >= 11 is 0. The molecule has 2 aliphatic rings. The molecule has 3 aromatic carbocycles. The third-order valence-electron chi connectivity index (χ3n) is 9.11. The molecule has 1 nitrogen and oxygen atoms in total. The van der Waals surface area contributed by atoms with Crippen LogP contribution in [0.1, 0.15) is 94.6 Å². The first-order valence-electron chi connectivity index (χ1n) is 14.9. The molecule has 3 aromatic rings. The van der Waals surface area contributed by atoms with Crippen LogP contribution in [-0.4, -0.2) is 0 Å². The maximum Gasteiger partial charge on any atom is 0.134 e. The molecule has 2 aliphatic carbocycles. The minimum absolute atomic E-state index is 0.0561. The van der Waals surface area contributed by atoms with Gasteiger partial charge in [0.1, 0.15) is 24.0 Å². The summed E-state index contributed by atoms with van der Waals surface area (Å²) in [6.45, 7) is 2.73. The Hall–Kier alpha value is -2.68. The maximum atomic E-state index is 15.3. The molecule has 0 spiro atoms. The van der Waals surface area contributed by atoms with E-state index < -0.39 is 11.6 Å². The fourth-order valence-corrected chi connectivity index (χ4v) is 6.97. The van der Waals surface area contributed by atoms with Crippen molar-refractivity contribution in [3.63, 3.8) is 0 Å². The molecule has 38 heavy (non-hydrogen) atoms. The van der Waals surface area contributed by atoms with Gasteiger partial charge in [-0.05, 0) is 96.7 Å². The fraction of sp³-hybridized carbons (Fsp3) is 0.486. The minimum atomic E-state index is -0.462. The second-order valence-corrected chi connectivity index (χ2v) is 11.7. The van der Waals surface area contributed by atoms with E-state index in [2.05, 4.69) is 6.92 Å². The Morgan fingerprint density at radius 1 is 0.763 bits per heavy atom. The highest BCUT2D eigenvalue weighted by Crippen LogP contribution is 2.49. The van der Waals surface area contributed by atoms with Crippen molar-refractivity contribution in [2.24, 2.45) is 17.8 Å². The molecule has 0 radical (unpaired) electrons. The van der Waals surface area contributed by atoms with Crippen molar-refractivity contribution < 1.29 is 13.5 Å². The van der Waals surface area contributed by atoms with E-state index in [1.807, 2.05) is 30.3 Å². The molecule has 0 heterocycles. The Morgan fingerprint density at radius 3 is 2.21 bits per heavy atom. The zero-order valence-electron chi connectivity index (χ0n) is 22.8. The van der Waals surface area contributed by atoms with Gasteiger partial charge in [-0.25, -0.2) is 8.78 Å². The molecule has 202 valence electrons. The molecular weight excluding hydrogens is 474 g/mol. The first kappa shape index (κ1) is 26.9. The number of benzene rings is 3. The van der Waals surface area contributed by atoms with Crippen LogP contribution in [0.2, 0.25) is 0 Å². The van der Waals surface area contributed by atoms with Crippen LogP contribution in [0, 0.1) is 29.4 Å². The van der Waals surface area contributed by atoms with Crippen molar-refractivity contribution in [2.75, 3.05) is 0 Å². The molecule has 4 atom stereocenters. The van der Waals surface area contributed by atoms with Crippen LogP contribution in [0.3, 0.4) is 0 Å². The van der Waals surface area contributed by atoms with Crippen LogP contribution >= 0.6 is 0 Å². The summed E-state index contributed by atoms with van der Waals surface area (Å²) in [5.74, 6) is 2.45. The summed E-state index contributed by atoms with van der Waals surface area (Å²) in [5.41, 5.74) is 2.51. The predicted molar refractivity (Wildman–Crippen MR) is 152 cm³/mol. The summed E-state index contributed by atoms with van der Waals surface area (Å²) in [4.78, 5) is 0. The van der Waals surface area contributed by atoms with Gasteiger partial charge in [-0.15, -0.1) is 0 Å². The number of rotatable bonds is 10. The quantitative estimate of drug-likeness (QED) is 0.244. The molecular formula is C35H42F2O. The Labute approximate surface area is 227 Å². The van der Waals surface area contributed by atoms with Gasteiger partial charge < -0.3 is 4.74 Å². The Bertz CT molecular complexity index is 1130. The lowest BCUT2D eigenvalue weighted by Crippen LogP contribution is -2.30. The Morgan fingerprint density at radius 2 is 1.47 bits per heavy atom. The van der Waals surface area contributed by atoms with Gasteiger partial charge in [0, 0.05) is 0 Å². The van der Waals surface area contributed by atoms with Gasteiger partial charge in [-0.2, -0.15) is 0 Å². The summed E-state index contributed by atoms with van der Waals surface area (Å²) in [7, 11) is 0. The van der Waals surface area contributed by atoms with E-state index in [1.54, 1.807) is 36.4 Å². The van der Waals surface area contributed by atoms with Crippen LogP contribution < -0.4 is 4.74 Å². The SMILES string of the molecule is CCCCCCC1CCC2CC(c3cc(F)c(-c4ccc(OCc5ccccc5)cc4)c(F)c3)CCC2C1. The first-order valence-corrected chi connectivity index (χ1v) is 14.9. The third kappa shape index (κ3) is 6.65. The molecule has 4 unspecified atom stereocenters. The molecule has 0 amide bonds. The maximum absolute atomic E-state index is 15.3. The van der Waals surface area contributed by atoms with Crippen LogP contribution in [-0.2, 0) is 6.61 Å². The fourth-order valence-electron chi connectivity index (χ4n) is 6.97. The Kier molecular flexibility index (Phi) is 9.14. The van der Waals surface area contributed by atoms with Crippen LogP contribution in [0.15, 0.2) is 66.7 Å². The van der Waals surface area contributed by atoms with E-state index in [0.717, 1.165) is 41.7 Å². The lowest BCUT2D eigenvalue weighted by atomic mass is 9.63. The van der Waals surface area contributed by atoms with E-state index in [9.17, 15) is 0 Å². The molecule has 0 N–H and O–H groups in total. The molecule has 0 bridgehead atoms. The standard InChI is InChI=1S/C35H42F2O/c1-2-3-4-6-9-25-12-13-29-21-30(15-14-28(29)20-25)31-22-33(36)35(34(37)23-31)27-16-18-32(19-17-27)38-24-26-10-7-5-8-11-26/h5,7-8,10-11,16-19,22-23,25,28-30H,2-4,6,9,12-15,20-21,24H2,1H3. The number of halogens is 2. The topological polar surface area (TPSA) is 9.23 Å². The van der Waals surface area contributed by atoms with E-state index in [4.69, 9.17) is 4.74 Å². The predicted octanol–water partition coefficient (Wildman–Crippen LogP) is 10.5. The number of ether oxygens (including phenoxy) is 1. The highest BCUT2D eigenvalue weighted by atomic mass is 19.1. The van der Waals surface area contributed by atoms with Crippen molar-refractivity contribution in [2.45, 2.75) is 90.1 Å². The molecule has 0 aromatic heterocycles. The monoisotopic (exact) mass is 516 g/mol. The molecule has 3 heteroatoms. The van der Waals surface area contributed by atoms with E-state index >= 15 is 8.78 Å². The van der Waals surface area contributed by atoms with Gasteiger partial charge in [-0.3, -0.25) is 0 Å². The average molecular weight is 517 g/mol. The Balaban J connectivity index is 1.19. The summed E-state index contributed by atoms with van der Waals surface area (Å²) in [6.07, 6.45) is 14.2. The lowest BCUT2D eigenvalue weighted by molar-refractivity contribution is 0.113. The van der Waals surface area contributed by atoms with Crippen LogP contribution in [0.25, 0.3) is 11.1 Å². The zero-order valence-corrected chi connectivity index (χ0v) is 22.8. The first-order chi connectivity index (χ1) is 18.6. The normalized spacial score (nSPS) is 23.1. The second-order valence-electron chi connectivity index (χ2n) is 11.7. The molecule has 2 saturated carbocycles. The number of hydrogen-bond donors (Lipinski definition) is 0. The lowest BCUT2D eigenvalue weighted by Gasteiger charge is -2.42. The number of unbranched alkanes of at least 4 members (excludes halogenated alkanes) is 3. The second kappa shape index (κ2) is 12.9. The smallest absolute Gasteiger partial charge is 0.134 e. The van der Waals surface area contributed by atoms with E-state index in [1.165, 1.54) is 57.8 Å². The number of hydrogen-bond acceptors (Lipinski definition) is 1. The van der Waals surface area contributed by atoms with E-state index in [0.29, 0.717) is 17.9 Å². The van der Waals surface area contributed by atoms with Crippen molar-refractivity contribution in [1.29, 1.82) is 0 Å². The summed E-state index contributed by atoms with van der Waals surface area (Å²) in [6, 6.07) is 20.2. The summed E-state index contributed by atoms with van der Waals surface area (Å²) in [5, 5.41) is 0. The minimum Gasteiger partial charge on any atom is -0.489 e. The van der Waals surface area contributed by atoms with Gasteiger partial charge in [-0.1, -0.05) is 87.9 Å². The third-order valence-corrected chi connectivity index (χ3v) is 9.11. The number of fused-ring (bicyclic) bond motifs is 1. The molecule has 0 saturated heterocycles. The van der Waals surface area contributed by atoms with Crippen LogP contribution in [0.4, 0.5) is 8.78 Å². The highest BCUT2D eigenvalue weighted by Gasteiger charge is 2.36. The zero-order chi connectivity index (χ0) is 26.3. The van der Waals surface area contributed by atoms with Gasteiger partial charge in [0.05, 0.1) is 5.56 Å². The van der Waals surface area contributed by atoms with Crippen molar-refractivity contribution in [3.8, 4) is 16.9 Å². The van der Waals surface area contributed by atoms with Crippen molar-refractivity contribution in [3.05, 3.63) is 89.5 Å². The van der Waals surface area contributed by atoms with Gasteiger partial charge in [0.15, 0.2) is 0 Å². The molecule has 0 aliphatic heterocycles. The van der Waals surface area contributed by atoms with Crippen LogP contribution in [0.5, 0.6) is 5.75 Å². The van der Waals surface area contributed by atoms with Gasteiger partial charge >= 0.3 is 0 Å². The largest absolute Gasteiger partial charge is 0.489 e. The van der Waals surface area contributed by atoms with Gasteiger partial charge in [0.2, 0.25) is 0 Å². The molecule has 2 fully saturated rings.